The first kappa shape index (κ1) is 19.9. The molecule has 3 aromatic rings. The number of aryl methyl sites for hydroxylation is 1. The highest BCUT2D eigenvalue weighted by molar-refractivity contribution is 5.79. The van der Waals surface area contributed by atoms with Crippen LogP contribution in [0.5, 0.6) is 0 Å². The van der Waals surface area contributed by atoms with Crippen LogP contribution in [0.2, 0.25) is 0 Å². The lowest BCUT2D eigenvalue weighted by Gasteiger charge is -2.19. The molecule has 8 heteroatoms. The maximum Gasteiger partial charge on any atom is 0.269 e. The average Bonchev–Trinajstić information content (AvgIpc) is 3.17. The van der Waals surface area contributed by atoms with Crippen molar-refractivity contribution in [3.63, 3.8) is 0 Å². The lowest BCUT2D eigenvalue weighted by molar-refractivity contribution is -0.384. The van der Waals surface area contributed by atoms with Gasteiger partial charge in [-0.15, -0.1) is 6.58 Å². The van der Waals surface area contributed by atoms with E-state index in [4.69, 9.17) is 4.52 Å². The molecule has 29 heavy (non-hydrogen) atoms. The van der Waals surface area contributed by atoms with E-state index in [0.29, 0.717) is 23.8 Å². The summed E-state index contributed by atoms with van der Waals surface area (Å²) >= 11 is 0. The molecule has 1 amide bonds. The normalized spacial score (nSPS) is 10.5. The molecule has 0 radical (unpaired) electrons. The van der Waals surface area contributed by atoms with Crippen LogP contribution in [-0.4, -0.2) is 32.4 Å². The van der Waals surface area contributed by atoms with Gasteiger partial charge in [-0.1, -0.05) is 53.2 Å². The molecule has 1 heterocycles. The number of rotatable bonds is 8. The Morgan fingerprint density at radius 2 is 1.90 bits per heavy atom. The first-order valence-corrected chi connectivity index (χ1v) is 8.98. The molecule has 2 aromatic carbocycles. The van der Waals surface area contributed by atoms with Gasteiger partial charge < -0.3 is 9.42 Å². The smallest absolute Gasteiger partial charge is 0.269 e. The Kier molecular flexibility index (Phi) is 6.13. The molecule has 0 fully saturated rings. The summed E-state index contributed by atoms with van der Waals surface area (Å²) in [7, 11) is 0. The largest absolute Gasteiger partial charge is 0.337 e. The molecule has 0 saturated heterocycles. The second kappa shape index (κ2) is 8.92. The fourth-order valence-corrected chi connectivity index (χ4v) is 2.73. The Morgan fingerprint density at radius 1 is 1.21 bits per heavy atom. The molecule has 0 aliphatic heterocycles. The van der Waals surface area contributed by atoms with Gasteiger partial charge in [0.1, 0.15) is 6.54 Å². The predicted molar refractivity (Wildman–Crippen MR) is 107 cm³/mol. The summed E-state index contributed by atoms with van der Waals surface area (Å²) in [6.07, 6.45) is 1.72. The van der Waals surface area contributed by atoms with E-state index in [-0.39, 0.29) is 24.6 Å². The third-order valence-electron chi connectivity index (χ3n) is 4.31. The number of hydrogen-bond acceptors (Lipinski definition) is 6. The van der Waals surface area contributed by atoms with E-state index in [1.165, 1.54) is 12.1 Å². The molecule has 0 N–H and O–H groups in total. The highest BCUT2D eigenvalue weighted by Crippen LogP contribution is 2.18. The fraction of sp³-hybridized carbons (Fsp3) is 0.190. The van der Waals surface area contributed by atoms with Crippen molar-refractivity contribution in [1.82, 2.24) is 15.0 Å². The first-order valence-electron chi connectivity index (χ1n) is 8.98. The summed E-state index contributed by atoms with van der Waals surface area (Å²) in [4.78, 5) is 28.9. The Bertz CT molecular complexity index is 1010. The zero-order valence-electron chi connectivity index (χ0n) is 15.9. The Balaban J connectivity index is 1.69. The predicted octanol–water partition coefficient (Wildman–Crippen LogP) is 3.71. The Morgan fingerprint density at radius 3 is 2.52 bits per heavy atom. The van der Waals surface area contributed by atoms with Gasteiger partial charge in [0.25, 0.3) is 5.69 Å². The number of aromatic nitrogens is 2. The number of nitro benzene ring substituents is 1. The van der Waals surface area contributed by atoms with Crippen LogP contribution >= 0.6 is 0 Å². The molecule has 0 atom stereocenters. The summed E-state index contributed by atoms with van der Waals surface area (Å²) < 4.78 is 5.30. The minimum absolute atomic E-state index is 0.0151. The van der Waals surface area contributed by atoms with Crippen molar-refractivity contribution in [2.75, 3.05) is 6.54 Å². The van der Waals surface area contributed by atoms with Crippen molar-refractivity contribution in [2.45, 2.75) is 19.9 Å². The molecule has 0 saturated carbocycles. The van der Waals surface area contributed by atoms with Crippen LogP contribution in [0.25, 0.3) is 11.4 Å². The molecule has 0 aliphatic rings. The van der Waals surface area contributed by atoms with Crippen molar-refractivity contribution in [1.29, 1.82) is 0 Å². The SMILES string of the molecule is C=CCN(Cc1nc(-c2ccc(C)cc2)no1)C(=O)Cc1ccc([N+](=O)[O-])cc1. The Labute approximate surface area is 167 Å². The third kappa shape index (κ3) is 5.13. The van der Waals surface area contributed by atoms with E-state index in [1.54, 1.807) is 23.1 Å². The quantitative estimate of drug-likeness (QED) is 0.329. The van der Waals surface area contributed by atoms with Crippen LogP contribution in [0, 0.1) is 17.0 Å². The molecule has 8 nitrogen and oxygen atoms in total. The van der Waals surface area contributed by atoms with Gasteiger partial charge in [0.2, 0.25) is 17.6 Å². The molecule has 148 valence electrons. The van der Waals surface area contributed by atoms with Gasteiger partial charge in [0, 0.05) is 24.2 Å². The number of hydrogen-bond donors (Lipinski definition) is 0. The van der Waals surface area contributed by atoms with E-state index in [1.807, 2.05) is 31.2 Å². The molecule has 0 unspecified atom stereocenters. The van der Waals surface area contributed by atoms with Gasteiger partial charge in [-0.05, 0) is 12.5 Å². The lowest BCUT2D eigenvalue weighted by atomic mass is 10.1. The number of amides is 1. The summed E-state index contributed by atoms with van der Waals surface area (Å²) in [5, 5.41) is 14.7. The van der Waals surface area contributed by atoms with Crippen LogP contribution in [0.1, 0.15) is 17.0 Å². The summed E-state index contributed by atoms with van der Waals surface area (Å²) in [6, 6.07) is 13.6. The number of benzene rings is 2. The standard InChI is InChI=1S/C21H20N4O4/c1-3-12-24(20(26)13-16-6-10-18(11-7-16)25(27)28)14-19-22-21(23-29-19)17-8-4-15(2)5-9-17/h3-11H,1,12-14H2,2H3. The van der Waals surface area contributed by atoms with Gasteiger partial charge >= 0.3 is 0 Å². The van der Waals surface area contributed by atoms with Gasteiger partial charge in [-0.3, -0.25) is 14.9 Å². The van der Waals surface area contributed by atoms with Gasteiger partial charge in [0.15, 0.2) is 0 Å². The minimum atomic E-state index is -0.475. The van der Waals surface area contributed by atoms with Crippen molar-refractivity contribution in [3.8, 4) is 11.4 Å². The highest BCUT2D eigenvalue weighted by atomic mass is 16.6. The number of non-ortho nitro benzene ring substituents is 1. The minimum Gasteiger partial charge on any atom is -0.337 e. The molecule has 0 bridgehead atoms. The lowest BCUT2D eigenvalue weighted by Crippen LogP contribution is -2.32. The van der Waals surface area contributed by atoms with E-state index < -0.39 is 4.92 Å². The van der Waals surface area contributed by atoms with Gasteiger partial charge in [-0.2, -0.15) is 4.98 Å². The van der Waals surface area contributed by atoms with Crippen LogP contribution in [0.3, 0.4) is 0 Å². The van der Waals surface area contributed by atoms with E-state index in [2.05, 4.69) is 16.7 Å². The Hall–Kier alpha value is -3.81. The maximum absolute atomic E-state index is 12.7. The topological polar surface area (TPSA) is 102 Å². The summed E-state index contributed by atoms with van der Waals surface area (Å²) in [6.45, 7) is 6.15. The van der Waals surface area contributed by atoms with Crippen molar-refractivity contribution in [3.05, 3.63) is 88.3 Å². The van der Waals surface area contributed by atoms with Crippen LogP contribution in [0.15, 0.2) is 65.7 Å². The summed E-state index contributed by atoms with van der Waals surface area (Å²) in [5.74, 6) is 0.606. The molecular weight excluding hydrogens is 372 g/mol. The van der Waals surface area contributed by atoms with E-state index >= 15 is 0 Å². The van der Waals surface area contributed by atoms with Gasteiger partial charge in [-0.25, -0.2) is 0 Å². The monoisotopic (exact) mass is 392 g/mol. The van der Waals surface area contributed by atoms with E-state index in [0.717, 1.165) is 11.1 Å². The van der Waals surface area contributed by atoms with Crippen LogP contribution < -0.4 is 0 Å². The molecule has 1 aromatic heterocycles. The van der Waals surface area contributed by atoms with Gasteiger partial charge in [0.05, 0.1) is 11.3 Å². The zero-order chi connectivity index (χ0) is 20.8. The second-order valence-electron chi connectivity index (χ2n) is 6.54. The molecular formula is C21H20N4O4. The second-order valence-corrected chi connectivity index (χ2v) is 6.54. The summed E-state index contributed by atoms with van der Waals surface area (Å²) in [5.41, 5.74) is 2.63. The average molecular weight is 392 g/mol. The third-order valence-corrected chi connectivity index (χ3v) is 4.31. The molecule has 0 spiro atoms. The fourth-order valence-electron chi connectivity index (χ4n) is 2.73. The van der Waals surface area contributed by atoms with E-state index in [9.17, 15) is 14.9 Å². The maximum atomic E-state index is 12.7. The van der Waals surface area contributed by atoms with Crippen LogP contribution in [-0.2, 0) is 17.8 Å². The highest BCUT2D eigenvalue weighted by Gasteiger charge is 2.18. The van der Waals surface area contributed by atoms with Crippen molar-refractivity contribution in [2.24, 2.45) is 0 Å². The zero-order valence-corrected chi connectivity index (χ0v) is 15.9. The first-order chi connectivity index (χ1) is 14.0. The number of nitrogens with zero attached hydrogens (tertiary/aromatic N) is 4. The van der Waals surface area contributed by atoms with Crippen molar-refractivity contribution < 1.29 is 14.2 Å². The molecule has 3 rings (SSSR count). The number of carbonyl (C=O) groups is 1. The van der Waals surface area contributed by atoms with Crippen LogP contribution in [0.4, 0.5) is 5.69 Å². The molecule has 0 aliphatic carbocycles. The van der Waals surface area contributed by atoms with Crippen molar-refractivity contribution >= 4 is 11.6 Å². The number of nitro groups is 1. The number of carbonyl (C=O) groups excluding carboxylic acids is 1.